The molecule has 6 nitrogen and oxygen atoms in total. The van der Waals surface area contributed by atoms with E-state index in [2.05, 4.69) is 21.6 Å². The summed E-state index contributed by atoms with van der Waals surface area (Å²) in [6.45, 7) is 8.60. The SMILES string of the molecule is Cc1ccc(-n2nc(C)c(C(=O)N[C@@H](C)[C@H]3CCCO3)n2)c(C)c1. The molecule has 2 heterocycles. The van der Waals surface area contributed by atoms with Crippen molar-refractivity contribution >= 4 is 5.91 Å². The van der Waals surface area contributed by atoms with Crippen LogP contribution < -0.4 is 5.32 Å². The maximum absolute atomic E-state index is 12.5. The van der Waals surface area contributed by atoms with Crippen molar-refractivity contribution in [2.24, 2.45) is 0 Å². The fraction of sp³-hybridized carbons (Fsp3) is 0.500. The third-order valence-corrected chi connectivity index (χ3v) is 4.45. The first-order valence-electron chi connectivity index (χ1n) is 8.39. The highest BCUT2D eigenvalue weighted by atomic mass is 16.5. The minimum Gasteiger partial charge on any atom is -0.376 e. The van der Waals surface area contributed by atoms with E-state index >= 15 is 0 Å². The van der Waals surface area contributed by atoms with E-state index < -0.39 is 0 Å². The van der Waals surface area contributed by atoms with Crippen LogP contribution in [0.5, 0.6) is 0 Å². The van der Waals surface area contributed by atoms with Crippen molar-refractivity contribution in [3.63, 3.8) is 0 Å². The topological polar surface area (TPSA) is 69.0 Å². The van der Waals surface area contributed by atoms with Crippen molar-refractivity contribution in [3.8, 4) is 5.69 Å². The largest absolute Gasteiger partial charge is 0.376 e. The molecule has 2 aromatic rings. The molecule has 3 rings (SSSR count). The van der Waals surface area contributed by atoms with Gasteiger partial charge < -0.3 is 10.1 Å². The van der Waals surface area contributed by atoms with Crippen LogP contribution in [0.2, 0.25) is 0 Å². The molecule has 2 atom stereocenters. The van der Waals surface area contributed by atoms with Gasteiger partial charge in [0.1, 0.15) is 0 Å². The van der Waals surface area contributed by atoms with Crippen LogP contribution in [0.15, 0.2) is 18.2 Å². The second-order valence-corrected chi connectivity index (χ2v) is 6.53. The van der Waals surface area contributed by atoms with Gasteiger partial charge in [0.2, 0.25) is 0 Å². The van der Waals surface area contributed by atoms with Crippen molar-refractivity contribution in [3.05, 3.63) is 40.7 Å². The lowest BCUT2D eigenvalue weighted by Crippen LogP contribution is -2.41. The first-order valence-corrected chi connectivity index (χ1v) is 8.39. The highest BCUT2D eigenvalue weighted by Crippen LogP contribution is 2.17. The molecule has 1 aromatic carbocycles. The number of nitrogens with one attached hydrogen (secondary N) is 1. The van der Waals surface area contributed by atoms with Gasteiger partial charge in [0.15, 0.2) is 5.69 Å². The van der Waals surface area contributed by atoms with Crippen LogP contribution in [0.3, 0.4) is 0 Å². The van der Waals surface area contributed by atoms with Crippen molar-refractivity contribution in [1.82, 2.24) is 20.3 Å². The van der Waals surface area contributed by atoms with Crippen molar-refractivity contribution in [2.75, 3.05) is 6.61 Å². The number of hydrogen-bond donors (Lipinski definition) is 1. The van der Waals surface area contributed by atoms with Gasteiger partial charge in [-0.1, -0.05) is 17.7 Å². The third kappa shape index (κ3) is 3.33. The normalized spacial score (nSPS) is 18.6. The number of hydrogen-bond acceptors (Lipinski definition) is 4. The Hall–Kier alpha value is -2.21. The maximum atomic E-state index is 12.5. The number of carbonyl (C=O) groups excluding carboxylic acids is 1. The number of aryl methyl sites for hydroxylation is 3. The van der Waals surface area contributed by atoms with E-state index in [9.17, 15) is 4.79 Å². The Morgan fingerprint density at radius 2 is 2.12 bits per heavy atom. The molecule has 0 unspecified atom stereocenters. The first-order chi connectivity index (χ1) is 11.5. The van der Waals surface area contributed by atoms with Crippen LogP contribution in [0, 0.1) is 20.8 Å². The summed E-state index contributed by atoms with van der Waals surface area (Å²) in [6.07, 6.45) is 2.12. The number of ether oxygens (including phenoxy) is 1. The van der Waals surface area contributed by atoms with E-state index in [4.69, 9.17) is 4.74 Å². The molecule has 0 bridgehead atoms. The zero-order valence-electron chi connectivity index (χ0n) is 14.7. The third-order valence-electron chi connectivity index (χ3n) is 4.45. The molecule has 6 heteroatoms. The Balaban J connectivity index is 1.79. The quantitative estimate of drug-likeness (QED) is 0.936. The molecule has 0 spiro atoms. The van der Waals surface area contributed by atoms with Gasteiger partial charge in [-0.05, 0) is 52.2 Å². The Kier molecular flexibility index (Phi) is 4.66. The summed E-state index contributed by atoms with van der Waals surface area (Å²) in [5.74, 6) is -0.202. The zero-order valence-corrected chi connectivity index (χ0v) is 14.7. The Labute approximate surface area is 142 Å². The van der Waals surface area contributed by atoms with Gasteiger partial charge in [0, 0.05) is 6.61 Å². The Morgan fingerprint density at radius 1 is 1.33 bits per heavy atom. The molecule has 1 N–H and O–H groups in total. The summed E-state index contributed by atoms with van der Waals surface area (Å²) in [5, 5.41) is 11.8. The van der Waals surface area contributed by atoms with Gasteiger partial charge in [-0.3, -0.25) is 4.79 Å². The average molecular weight is 328 g/mol. The minimum absolute atomic E-state index is 0.0364. The average Bonchev–Trinajstić information content (AvgIpc) is 3.16. The van der Waals surface area contributed by atoms with Crippen LogP contribution in [0.4, 0.5) is 0 Å². The molecule has 0 radical (unpaired) electrons. The summed E-state index contributed by atoms with van der Waals surface area (Å²) < 4.78 is 5.63. The maximum Gasteiger partial charge on any atom is 0.274 e. The Morgan fingerprint density at radius 3 is 2.79 bits per heavy atom. The van der Waals surface area contributed by atoms with E-state index in [1.165, 1.54) is 10.4 Å². The molecule has 0 saturated carbocycles. The van der Waals surface area contributed by atoms with E-state index in [-0.39, 0.29) is 18.1 Å². The number of amides is 1. The monoisotopic (exact) mass is 328 g/mol. The highest BCUT2D eigenvalue weighted by Gasteiger charge is 2.26. The lowest BCUT2D eigenvalue weighted by Gasteiger charge is -2.19. The molecule has 0 aliphatic carbocycles. The number of benzene rings is 1. The lowest BCUT2D eigenvalue weighted by atomic mass is 10.1. The van der Waals surface area contributed by atoms with Gasteiger partial charge >= 0.3 is 0 Å². The Bertz CT molecular complexity index is 747. The van der Waals surface area contributed by atoms with E-state index in [0.717, 1.165) is 30.7 Å². The number of rotatable bonds is 4. The number of carbonyl (C=O) groups is 1. The van der Waals surface area contributed by atoms with Crippen LogP contribution in [-0.4, -0.2) is 39.7 Å². The first kappa shape index (κ1) is 16.6. The molecule has 1 aliphatic heterocycles. The van der Waals surface area contributed by atoms with Crippen LogP contribution in [-0.2, 0) is 4.74 Å². The minimum atomic E-state index is -0.202. The van der Waals surface area contributed by atoms with Crippen LogP contribution in [0.25, 0.3) is 5.69 Å². The molecule has 128 valence electrons. The predicted octanol–water partition coefficient (Wildman–Crippen LogP) is 2.49. The van der Waals surface area contributed by atoms with E-state index in [0.29, 0.717) is 11.4 Å². The number of aromatic nitrogens is 3. The number of nitrogens with zero attached hydrogens (tertiary/aromatic N) is 3. The second kappa shape index (κ2) is 6.73. The van der Waals surface area contributed by atoms with Crippen molar-refractivity contribution in [1.29, 1.82) is 0 Å². The standard InChI is InChI=1S/C18H24N4O2/c1-11-7-8-15(12(2)10-11)22-20-14(4)17(21-22)18(23)19-13(3)16-6-5-9-24-16/h7-8,10,13,16H,5-6,9H2,1-4H3,(H,19,23)/t13-,16+/m0/s1. The van der Waals surface area contributed by atoms with Gasteiger partial charge in [-0.25, -0.2) is 0 Å². The molecule has 1 aliphatic rings. The summed E-state index contributed by atoms with van der Waals surface area (Å²) >= 11 is 0. The van der Waals surface area contributed by atoms with Crippen LogP contribution in [0.1, 0.15) is 47.1 Å². The zero-order chi connectivity index (χ0) is 17.3. The summed E-state index contributed by atoms with van der Waals surface area (Å²) in [4.78, 5) is 14.1. The summed E-state index contributed by atoms with van der Waals surface area (Å²) in [7, 11) is 0. The van der Waals surface area contributed by atoms with Crippen molar-refractivity contribution < 1.29 is 9.53 Å². The van der Waals surface area contributed by atoms with E-state index in [1.54, 1.807) is 6.92 Å². The molecule has 1 fully saturated rings. The molecular formula is C18H24N4O2. The van der Waals surface area contributed by atoms with Gasteiger partial charge in [0.25, 0.3) is 5.91 Å². The van der Waals surface area contributed by atoms with Gasteiger partial charge in [-0.2, -0.15) is 9.90 Å². The van der Waals surface area contributed by atoms with Gasteiger partial charge in [-0.15, -0.1) is 5.10 Å². The molecule has 1 aromatic heterocycles. The molecule has 1 saturated heterocycles. The molecule has 1 amide bonds. The lowest BCUT2D eigenvalue weighted by molar-refractivity contribution is 0.0709. The molecule has 24 heavy (non-hydrogen) atoms. The highest BCUT2D eigenvalue weighted by molar-refractivity contribution is 5.93. The summed E-state index contributed by atoms with van der Waals surface area (Å²) in [5.41, 5.74) is 4.12. The van der Waals surface area contributed by atoms with E-state index in [1.807, 2.05) is 32.9 Å². The summed E-state index contributed by atoms with van der Waals surface area (Å²) in [6, 6.07) is 6.03. The second-order valence-electron chi connectivity index (χ2n) is 6.53. The fourth-order valence-electron chi connectivity index (χ4n) is 3.09. The predicted molar refractivity (Wildman–Crippen MR) is 91.5 cm³/mol. The molecular weight excluding hydrogens is 304 g/mol. The van der Waals surface area contributed by atoms with Gasteiger partial charge in [0.05, 0.1) is 23.5 Å². The fourth-order valence-corrected chi connectivity index (χ4v) is 3.09. The van der Waals surface area contributed by atoms with Crippen LogP contribution >= 0.6 is 0 Å². The smallest absolute Gasteiger partial charge is 0.274 e. The van der Waals surface area contributed by atoms with Crippen molar-refractivity contribution in [2.45, 2.75) is 52.7 Å².